The Labute approximate surface area is 126 Å². The molecule has 2 aromatic heterocycles. The van der Waals surface area contributed by atoms with Crippen molar-refractivity contribution in [2.45, 2.75) is 20.4 Å². The van der Waals surface area contributed by atoms with Crippen molar-refractivity contribution in [1.29, 1.82) is 0 Å². The normalized spacial score (nSPS) is 10.6. The number of hydrogen-bond donors (Lipinski definition) is 1. The Morgan fingerprint density at radius 1 is 1.32 bits per heavy atom. The van der Waals surface area contributed by atoms with Crippen LogP contribution in [0.4, 0.5) is 0 Å². The van der Waals surface area contributed by atoms with Crippen LogP contribution >= 0.6 is 0 Å². The predicted octanol–water partition coefficient (Wildman–Crippen LogP) is 1.20. The number of carbonyl (C=O) groups excluding carboxylic acids is 1. The van der Waals surface area contributed by atoms with Crippen molar-refractivity contribution in [3.05, 3.63) is 53.5 Å². The molecular formula is C14H14N6O2. The number of benzene rings is 1. The summed E-state index contributed by atoms with van der Waals surface area (Å²) in [5.41, 5.74) is 1.89. The van der Waals surface area contributed by atoms with Gasteiger partial charge in [0, 0.05) is 0 Å². The molecular weight excluding hydrogens is 284 g/mol. The van der Waals surface area contributed by atoms with E-state index in [2.05, 4.69) is 25.8 Å². The Balaban J connectivity index is 1.78. The average Bonchev–Trinajstić information content (AvgIpc) is 3.16. The number of carbonyl (C=O) groups is 1. The molecule has 8 nitrogen and oxygen atoms in total. The van der Waals surface area contributed by atoms with E-state index in [0.29, 0.717) is 17.1 Å². The third kappa shape index (κ3) is 2.71. The summed E-state index contributed by atoms with van der Waals surface area (Å²) < 4.78 is 6.88. The van der Waals surface area contributed by atoms with E-state index >= 15 is 0 Å². The maximum absolute atomic E-state index is 12.4. The number of hydrogen-bond acceptors (Lipinski definition) is 6. The first-order valence-corrected chi connectivity index (χ1v) is 6.68. The minimum atomic E-state index is -0.250. The molecule has 22 heavy (non-hydrogen) atoms. The highest BCUT2D eigenvalue weighted by molar-refractivity contribution is 5.97. The molecule has 0 fully saturated rings. The molecule has 1 amide bonds. The van der Waals surface area contributed by atoms with E-state index in [-0.39, 0.29) is 12.5 Å². The minimum Gasteiger partial charge on any atom is -0.444 e. The van der Waals surface area contributed by atoms with Crippen LogP contribution in [0.2, 0.25) is 0 Å². The van der Waals surface area contributed by atoms with Crippen LogP contribution in [-0.4, -0.2) is 31.1 Å². The third-order valence-electron chi connectivity index (χ3n) is 3.22. The van der Waals surface area contributed by atoms with E-state index in [9.17, 15) is 4.79 Å². The zero-order valence-corrected chi connectivity index (χ0v) is 12.1. The van der Waals surface area contributed by atoms with Crippen molar-refractivity contribution >= 4 is 5.91 Å². The topological polar surface area (TPSA) is 98.7 Å². The zero-order valence-electron chi connectivity index (χ0n) is 12.1. The molecule has 1 aromatic carbocycles. The van der Waals surface area contributed by atoms with Gasteiger partial charge in [-0.25, -0.2) is 4.98 Å². The molecule has 1 N–H and O–H groups in total. The van der Waals surface area contributed by atoms with Crippen LogP contribution in [0.1, 0.15) is 27.7 Å². The Kier molecular flexibility index (Phi) is 3.65. The number of aryl methyl sites for hydroxylation is 2. The van der Waals surface area contributed by atoms with Gasteiger partial charge in [0.2, 0.25) is 5.89 Å². The molecule has 8 heteroatoms. The maximum Gasteiger partial charge on any atom is 0.253 e. The summed E-state index contributed by atoms with van der Waals surface area (Å²) in [6, 6.07) is 7.07. The van der Waals surface area contributed by atoms with Gasteiger partial charge >= 0.3 is 0 Å². The van der Waals surface area contributed by atoms with E-state index in [1.807, 2.05) is 19.9 Å². The van der Waals surface area contributed by atoms with Crippen LogP contribution in [0.3, 0.4) is 0 Å². The van der Waals surface area contributed by atoms with Gasteiger partial charge in [0.15, 0.2) is 0 Å². The fourth-order valence-electron chi connectivity index (χ4n) is 2.00. The molecule has 0 spiro atoms. The van der Waals surface area contributed by atoms with E-state index in [1.165, 1.54) is 11.0 Å². The number of nitrogens with zero attached hydrogens (tertiary/aromatic N) is 5. The quantitative estimate of drug-likeness (QED) is 0.777. The van der Waals surface area contributed by atoms with Gasteiger partial charge in [0.1, 0.15) is 12.1 Å². The van der Waals surface area contributed by atoms with Gasteiger partial charge in [0.25, 0.3) is 5.91 Å². The highest BCUT2D eigenvalue weighted by Crippen LogP contribution is 2.13. The van der Waals surface area contributed by atoms with Crippen LogP contribution in [0, 0.1) is 13.8 Å². The first kappa shape index (κ1) is 13.9. The number of oxazole rings is 1. The largest absolute Gasteiger partial charge is 0.444 e. The lowest BCUT2D eigenvalue weighted by molar-refractivity contribution is 0.0947. The van der Waals surface area contributed by atoms with Crippen LogP contribution < -0.4 is 5.32 Å². The fourth-order valence-corrected chi connectivity index (χ4v) is 2.00. The van der Waals surface area contributed by atoms with Gasteiger partial charge in [-0.05, 0) is 36.4 Å². The van der Waals surface area contributed by atoms with E-state index in [4.69, 9.17) is 4.42 Å². The first-order chi connectivity index (χ1) is 10.6. The number of nitrogens with one attached hydrogen (secondary N) is 1. The van der Waals surface area contributed by atoms with Crippen LogP contribution in [0.25, 0.3) is 5.69 Å². The molecule has 0 saturated heterocycles. The Hall–Kier alpha value is -3.03. The van der Waals surface area contributed by atoms with Crippen molar-refractivity contribution in [2.75, 3.05) is 0 Å². The van der Waals surface area contributed by atoms with Gasteiger partial charge in [-0.15, -0.1) is 5.10 Å². The van der Waals surface area contributed by atoms with Crippen molar-refractivity contribution in [3.8, 4) is 5.69 Å². The van der Waals surface area contributed by atoms with Crippen LogP contribution in [0.5, 0.6) is 0 Å². The number of rotatable bonds is 4. The molecule has 0 bridgehead atoms. The fraction of sp³-hybridized carbons (Fsp3) is 0.214. The van der Waals surface area contributed by atoms with E-state index in [0.717, 1.165) is 11.5 Å². The molecule has 0 radical (unpaired) electrons. The summed E-state index contributed by atoms with van der Waals surface area (Å²) in [5.74, 6) is 0.973. The van der Waals surface area contributed by atoms with E-state index in [1.54, 1.807) is 18.2 Å². The van der Waals surface area contributed by atoms with Gasteiger partial charge in [-0.1, -0.05) is 12.1 Å². The van der Waals surface area contributed by atoms with Gasteiger partial charge in [0.05, 0.1) is 23.5 Å². The van der Waals surface area contributed by atoms with Crippen molar-refractivity contribution in [2.24, 2.45) is 0 Å². The summed E-state index contributed by atoms with van der Waals surface area (Å²) in [6.45, 7) is 3.91. The number of aromatic nitrogens is 5. The van der Waals surface area contributed by atoms with Gasteiger partial charge in [-0.2, -0.15) is 4.68 Å². The Morgan fingerprint density at radius 2 is 2.14 bits per heavy atom. The highest BCUT2D eigenvalue weighted by Gasteiger charge is 2.14. The average molecular weight is 298 g/mol. The smallest absolute Gasteiger partial charge is 0.253 e. The predicted molar refractivity (Wildman–Crippen MR) is 76.3 cm³/mol. The lowest BCUT2D eigenvalue weighted by atomic mass is 10.1. The standard InChI is InChI=1S/C14H14N6O2/c1-9-10(2)22-13(17-9)7-15-14(21)11-5-3-4-6-12(11)20-8-16-18-19-20/h3-6,8H,7H2,1-2H3,(H,15,21). The molecule has 3 rings (SSSR count). The highest BCUT2D eigenvalue weighted by atomic mass is 16.4. The molecule has 0 saturated carbocycles. The van der Waals surface area contributed by atoms with Crippen molar-refractivity contribution in [1.82, 2.24) is 30.5 Å². The summed E-state index contributed by atoms with van der Waals surface area (Å²) >= 11 is 0. The Bertz CT molecular complexity index is 774. The summed E-state index contributed by atoms with van der Waals surface area (Å²) in [5, 5.41) is 13.7. The summed E-state index contributed by atoms with van der Waals surface area (Å²) in [4.78, 5) is 16.6. The van der Waals surface area contributed by atoms with Gasteiger partial charge in [-0.3, -0.25) is 4.79 Å². The number of para-hydroxylation sites is 1. The first-order valence-electron chi connectivity index (χ1n) is 6.68. The van der Waals surface area contributed by atoms with Gasteiger partial charge < -0.3 is 9.73 Å². The molecule has 0 aliphatic heterocycles. The van der Waals surface area contributed by atoms with Crippen molar-refractivity contribution in [3.63, 3.8) is 0 Å². The molecule has 0 atom stereocenters. The molecule has 0 aliphatic carbocycles. The number of tetrazole rings is 1. The monoisotopic (exact) mass is 298 g/mol. The second-order valence-corrected chi connectivity index (χ2v) is 4.70. The molecule has 112 valence electrons. The minimum absolute atomic E-state index is 0.220. The van der Waals surface area contributed by atoms with Crippen molar-refractivity contribution < 1.29 is 9.21 Å². The number of amides is 1. The zero-order chi connectivity index (χ0) is 15.5. The molecule has 0 aliphatic rings. The van der Waals surface area contributed by atoms with E-state index < -0.39 is 0 Å². The SMILES string of the molecule is Cc1nc(CNC(=O)c2ccccc2-n2cnnn2)oc1C. The summed E-state index contributed by atoms with van der Waals surface area (Å²) in [6.07, 6.45) is 1.44. The van der Waals surface area contributed by atoms with Crippen LogP contribution in [0.15, 0.2) is 35.0 Å². The maximum atomic E-state index is 12.4. The molecule has 0 unspecified atom stereocenters. The second kappa shape index (κ2) is 5.76. The third-order valence-corrected chi connectivity index (χ3v) is 3.22. The lowest BCUT2D eigenvalue weighted by Crippen LogP contribution is -2.24. The Morgan fingerprint density at radius 3 is 2.82 bits per heavy atom. The molecule has 3 aromatic rings. The summed E-state index contributed by atoms with van der Waals surface area (Å²) in [7, 11) is 0. The lowest BCUT2D eigenvalue weighted by Gasteiger charge is -2.08. The van der Waals surface area contributed by atoms with Crippen LogP contribution in [-0.2, 0) is 6.54 Å². The second-order valence-electron chi connectivity index (χ2n) is 4.70. The molecule has 2 heterocycles.